The van der Waals surface area contributed by atoms with Gasteiger partial charge in [0.05, 0.1) is 0 Å². The standard InChI is InChI=1S/C13H17NO3/c1-3-4-12(15)14(9-13(16)17)11-7-5-10(2)6-8-11/h5-8H,3-4,9H2,1-2H3,(H,16,17). The second-order valence-corrected chi connectivity index (χ2v) is 3.96. The van der Waals surface area contributed by atoms with E-state index in [1.165, 1.54) is 4.90 Å². The second-order valence-electron chi connectivity index (χ2n) is 3.96. The number of hydrogen-bond acceptors (Lipinski definition) is 2. The molecule has 0 saturated carbocycles. The lowest BCUT2D eigenvalue weighted by molar-refractivity contribution is -0.136. The SMILES string of the molecule is CCCC(=O)N(CC(=O)O)c1ccc(C)cc1. The first-order valence-corrected chi connectivity index (χ1v) is 5.63. The molecule has 0 fully saturated rings. The maximum Gasteiger partial charge on any atom is 0.323 e. The van der Waals surface area contributed by atoms with Crippen molar-refractivity contribution in [3.63, 3.8) is 0 Å². The number of benzene rings is 1. The molecule has 1 N–H and O–H groups in total. The maximum atomic E-state index is 11.8. The molecule has 0 aliphatic heterocycles. The third kappa shape index (κ3) is 3.90. The summed E-state index contributed by atoms with van der Waals surface area (Å²) in [5, 5.41) is 8.82. The van der Waals surface area contributed by atoms with E-state index < -0.39 is 5.97 Å². The molecule has 4 nitrogen and oxygen atoms in total. The number of carbonyl (C=O) groups is 2. The second kappa shape index (κ2) is 6.03. The van der Waals surface area contributed by atoms with Crippen LogP contribution in [0.3, 0.4) is 0 Å². The molecule has 1 rings (SSSR count). The number of rotatable bonds is 5. The number of carboxylic acids is 1. The van der Waals surface area contributed by atoms with E-state index in [4.69, 9.17) is 5.11 Å². The van der Waals surface area contributed by atoms with Crippen molar-refractivity contribution < 1.29 is 14.7 Å². The van der Waals surface area contributed by atoms with Crippen LogP contribution < -0.4 is 4.90 Å². The van der Waals surface area contributed by atoms with Gasteiger partial charge in [-0.15, -0.1) is 0 Å². The normalized spacial score (nSPS) is 10.0. The molecule has 0 unspecified atom stereocenters. The lowest BCUT2D eigenvalue weighted by atomic mass is 10.2. The van der Waals surface area contributed by atoms with Crippen molar-refractivity contribution in [1.82, 2.24) is 0 Å². The van der Waals surface area contributed by atoms with Crippen molar-refractivity contribution in [2.75, 3.05) is 11.4 Å². The van der Waals surface area contributed by atoms with Gasteiger partial charge in [-0.2, -0.15) is 0 Å². The van der Waals surface area contributed by atoms with Crippen LogP contribution in [-0.2, 0) is 9.59 Å². The monoisotopic (exact) mass is 235 g/mol. The van der Waals surface area contributed by atoms with Crippen molar-refractivity contribution in [3.8, 4) is 0 Å². The molecular formula is C13H17NO3. The molecule has 1 aromatic carbocycles. The molecular weight excluding hydrogens is 218 g/mol. The number of anilines is 1. The molecule has 0 atom stereocenters. The van der Waals surface area contributed by atoms with Gasteiger partial charge < -0.3 is 10.0 Å². The van der Waals surface area contributed by atoms with Crippen LogP contribution in [0.1, 0.15) is 25.3 Å². The molecule has 1 aromatic rings. The summed E-state index contributed by atoms with van der Waals surface area (Å²) in [6, 6.07) is 7.27. The summed E-state index contributed by atoms with van der Waals surface area (Å²) in [4.78, 5) is 23.9. The van der Waals surface area contributed by atoms with Crippen LogP contribution >= 0.6 is 0 Å². The van der Waals surface area contributed by atoms with E-state index in [0.29, 0.717) is 18.5 Å². The van der Waals surface area contributed by atoms with Crippen molar-refractivity contribution >= 4 is 17.6 Å². The molecule has 17 heavy (non-hydrogen) atoms. The maximum absolute atomic E-state index is 11.8. The number of nitrogens with zero attached hydrogens (tertiary/aromatic N) is 1. The number of carboxylic acid groups (broad SMARTS) is 1. The highest BCUT2D eigenvalue weighted by Crippen LogP contribution is 2.16. The number of hydrogen-bond donors (Lipinski definition) is 1. The van der Waals surface area contributed by atoms with Crippen molar-refractivity contribution in [2.24, 2.45) is 0 Å². The van der Waals surface area contributed by atoms with Gasteiger partial charge in [-0.25, -0.2) is 0 Å². The summed E-state index contributed by atoms with van der Waals surface area (Å²) >= 11 is 0. The minimum atomic E-state index is -1.00. The first-order valence-electron chi connectivity index (χ1n) is 5.63. The zero-order valence-electron chi connectivity index (χ0n) is 10.1. The minimum Gasteiger partial charge on any atom is -0.480 e. The molecule has 4 heteroatoms. The Bertz CT molecular complexity index is 398. The summed E-state index contributed by atoms with van der Waals surface area (Å²) in [7, 11) is 0. The Morgan fingerprint density at radius 1 is 1.24 bits per heavy atom. The van der Waals surface area contributed by atoms with Crippen LogP contribution in [0.15, 0.2) is 24.3 Å². The number of carbonyl (C=O) groups excluding carboxylic acids is 1. The van der Waals surface area contributed by atoms with E-state index in [2.05, 4.69) is 0 Å². The van der Waals surface area contributed by atoms with E-state index in [-0.39, 0.29) is 12.5 Å². The van der Waals surface area contributed by atoms with E-state index in [1.54, 1.807) is 12.1 Å². The third-order valence-corrected chi connectivity index (χ3v) is 2.40. The fourth-order valence-electron chi connectivity index (χ4n) is 1.53. The Balaban J connectivity index is 2.92. The Morgan fingerprint density at radius 2 is 1.82 bits per heavy atom. The van der Waals surface area contributed by atoms with Crippen LogP contribution in [0, 0.1) is 6.92 Å². The summed E-state index contributed by atoms with van der Waals surface area (Å²) < 4.78 is 0. The molecule has 0 radical (unpaired) electrons. The van der Waals surface area contributed by atoms with Crippen molar-refractivity contribution in [2.45, 2.75) is 26.7 Å². The number of aliphatic carboxylic acids is 1. The van der Waals surface area contributed by atoms with Crippen LogP contribution in [0.2, 0.25) is 0 Å². The van der Waals surface area contributed by atoms with E-state index >= 15 is 0 Å². The Labute approximate surface area is 101 Å². The first-order chi connectivity index (χ1) is 8.04. The van der Waals surface area contributed by atoms with Gasteiger partial charge in [-0.05, 0) is 25.5 Å². The van der Waals surface area contributed by atoms with Gasteiger partial charge in [0.15, 0.2) is 0 Å². The highest BCUT2D eigenvalue weighted by atomic mass is 16.4. The summed E-state index contributed by atoms with van der Waals surface area (Å²) in [5.41, 5.74) is 1.71. The molecule has 0 bridgehead atoms. The van der Waals surface area contributed by atoms with Crippen LogP contribution in [0.25, 0.3) is 0 Å². The van der Waals surface area contributed by atoms with Crippen LogP contribution in [-0.4, -0.2) is 23.5 Å². The van der Waals surface area contributed by atoms with Gasteiger partial charge in [0, 0.05) is 12.1 Å². The van der Waals surface area contributed by atoms with Gasteiger partial charge in [-0.3, -0.25) is 9.59 Å². The molecule has 0 aliphatic rings. The fraction of sp³-hybridized carbons (Fsp3) is 0.385. The van der Waals surface area contributed by atoms with Crippen LogP contribution in [0.5, 0.6) is 0 Å². The Morgan fingerprint density at radius 3 is 2.29 bits per heavy atom. The van der Waals surface area contributed by atoms with Gasteiger partial charge >= 0.3 is 5.97 Å². The predicted molar refractivity (Wildman–Crippen MR) is 66.1 cm³/mol. The van der Waals surface area contributed by atoms with E-state index in [9.17, 15) is 9.59 Å². The Hall–Kier alpha value is -1.84. The third-order valence-electron chi connectivity index (χ3n) is 2.40. The molecule has 0 aromatic heterocycles. The topological polar surface area (TPSA) is 57.6 Å². The zero-order chi connectivity index (χ0) is 12.8. The molecule has 0 aliphatic carbocycles. The summed E-state index contributed by atoms with van der Waals surface area (Å²) in [6.07, 6.45) is 1.07. The van der Waals surface area contributed by atoms with E-state index in [0.717, 1.165) is 5.56 Å². The lowest BCUT2D eigenvalue weighted by Gasteiger charge is -2.20. The summed E-state index contributed by atoms with van der Waals surface area (Å²) in [6.45, 7) is 3.55. The predicted octanol–water partition coefficient (Wildman–Crippen LogP) is 2.21. The quantitative estimate of drug-likeness (QED) is 0.851. The van der Waals surface area contributed by atoms with Gasteiger partial charge in [0.25, 0.3) is 0 Å². The van der Waals surface area contributed by atoms with Gasteiger partial charge in [0.1, 0.15) is 6.54 Å². The van der Waals surface area contributed by atoms with Gasteiger partial charge in [0.2, 0.25) is 5.91 Å². The van der Waals surface area contributed by atoms with E-state index in [1.807, 2.05) is 26.0 Å². The van der Waals surface area contributed by atoms with Crippen LogP contribution in [0.4, 0.5) is 5.69 Å². The lowest BCUT2D eigenvalue weighted by Crippen LogP contribution is -2.35. The first kappa shape index (κ1) is 13.2. The minimum absolute atomic E-state index is 0.154. The summed E-state index contributed by atoms with van der Waals surface area (Å²) in [5.74, 6) is -1.16. The highest BCUT2D eigenvalue weighted by Gasteiger charge is 2.17. The number of amides is 1. The van der Waals surface area contributed by atoms with Crippen molar-refractivity contribution in [3.05, 3.63) is 29.8 Å². The number of aryl methyl sites for hydroxylation is 1. The van der Waals surface area contributed by atoms with Gasteiger partial charge in [-0.1, -0.05) is 24.6 Å². The molecule has 1 amide bonds. The average Bonchev–Trinajstić information content (AvgIpc) is 2.27. The fourth-order valence-corrected chi connectivity index (χ4v) is 1.53. The molecule has 0 saturated heterocycles. The smallest absolute Gasteiger partial charge is 0.323 e. The largest absolute Gasteiger partial charge is 0.480 e. The zero-order valence-corrected chi connectivity index (χ0v) is 10.1. The van der Waals surface area contributed by atoms with Crippen molar-refractivity contribution in [1.29, 1.82) is 0 Å². The highest BCUT2D eigenvalue weighted by molar-refractivity contribution is 5.97. The molecule has 0 heterocycles. The molecule has 0 spiro atoms. The average molecular weight is 235 g/mol. The Kier molecular flexibility index (Phi) is 4.69. The molecule has 92 valence electrons.